The van der Waals surface area contributed by atoms with Gasteiger partial charge in [-0.05, 0) is 29.2 Å². The van der Waals surface area contributed by atoms with Crippen molar-refractivity contribution in [1.29, 1.82) is 0 Å². The van der Waals surface area contributed by atoms with Crippen molar-refractivity contribution in [3.63, 3.8) is 0 Å². The number of urea groups is 1. The van der Waals surface area contributed by atoms with E-state index in [1.54, 1.807) is 12.1 Å². The Labute approximate surface area is 209 Å². The van der Waals surface area contributed by atoms with E-state index in [2.05, 4.69) is 15.1 Å². The number of alkyl halides is 6. The van der Waals surface area contributed by atoms with Gasteiger partial charge < -0.3 is 20.3 Å². The highest BCUT2D eigenvalue weighted by Crippen LogP contribution is 2.37. The highest BCUT2D eigenvalue weighted by atomic mass is 19.4. The summed E-state index contributed by atoms with van der Waals surface area (Å²) in [7, 11) is -1.51. The first-order valence-electron chi connectivity index (χ1n) is 11.6. The lowest BCUT2D eigenvalue weighted by Crippen LogP contribution is -2.64. The highest BCUT2D eigenvalue weighted by molar-refractivity contribution is 6.58. The molecule has 0 bridgehead atoms. The molecule has 0 spiro atoms. The average molecular weight is 530 g/mol. The molecule has 2 aromatic rings. The topological polar surface area (TPSA) is 79.3 Å². The van der Waals surface area contributed by atoms with Crippen molar-refractivity contribution in [1.82, 2.24) is 14.7 Å². The van der Waals surface area contributed by atoms with Crippen molar-refractivity contribution in [2.75, 3.05) is 44.6 Å². The lowest BCUT2D eigenvalue weighted by atomic mass is 9.80. The second kappa shape index (κ2) is 10.5. The SMILES string of the molecule is O=C(Nc1cc(C(F)(F)F)cc(C(F)(F)F)c1)N1CC(N2CCN(Cc3ccc(B(O)O)cc3)CC2)C1. The Morgan fingerprint density at radius 3 is 1.92 bits per heavy atom. The van der Waals surface area contributed by atoms with Gasteiger partial charge in [-0.3, -0.25) is 9.80 Å². The number of hydrogen-bond donors (Lipinski definition) is 3. The van der Waals surface area contributed by atoms with Gasteiger partial charge in [-0.25, -0.2) is 4.79 Å². The summed E-state index contributed by atoms with van der Waals surface area (Å²) in [4.78, 5) is 18.3. The van der Waals surface area contributed by atoms with E-state index in [-0.39, 0.29) is 12.1 Å². The summed E-state index contributed by atoms with van der Waals surface area (Å²) in [6, 6.07) is 7.30. The maximum Gasteiger partial charge on any atom is 0.488 e. The van der Waals surface area contributed by atoms with Crippen LogP contribution in [0.1, 0.15) is 16.7 Å². The largest absolute Gasteiger partial charge is 0.488 e. The van der Waals surface area contributed by atoms with E-state index in [0.717, 1.165) is 31.7 Å². The van der Waals surface area contributed by atoms with Crippen LogP contribution < -0.4 is 10.8 Å². The number of carbonyl (C=O) groups is 1. The lowest BCUT2D eigenvalue weighted by molar-refractivity contribution is -0.143. The predicted octanol–water partition coefficient (Wildman–Crippen LogP) is 2.44. The van der Waals surface area contributed by atoms with Crippen molar-refractivity contribution in [2.24, 2.45) is 0 Å². The number of anilines is 1. The Kier molecular flexibility index (Phi) is 7.74. The zero-order valence-corrected chi connectivity index (χ0v) is 19.6. The Hall–Kier alpha value is -2.81. The summed E-state index contributed by atoms with van der Waals surface area (Å²) >= 11 is 0. The lowest BCUT2D eigenvalue weighted by Gasteiger charge is -2.48. The first-order chi connectivity index (χ1) is 17.3. The van der Waals surface area contributed by atoms with E-state index in [1.807, 2.05) is 12.1 Å². The van der Waals surface area contributed by atoms with Gasteiger partial charge in [-0.1, -0.05) is 24.3 Å². The minimum Gasteiger partial charge on any atom is -0.423 e. The molecular formula is C23H25BF6N4O3. The first kappa shape index (κ1) is 27.2. The summed E-state index contributed by atoms with van der Waals surface area (Å²) < 4.78 is 78.3. The monoisotopic (exact) mass is 530 g/mol. The fourth-order valence-corrected chi connectivity index (χ4v) is 4.42. The molecule has 7 nitrogen and oxygen atoms in total. The molecule has 2 aliphatic heterocycles. The molecule has 3 N–H and O–H groups in total. The Bertz CT molecular complexity index is 1070. The standard InChI is InChI=1S/C23H25BF6N4O3/c25-22(26,27)16-9-17(23(28,29)30)11-19(10-16)31-21(35)34-13-20(14-34)33-7-5-32(6-8-33)12-15-1-3-18(4-2-15)24(36)37/h1-4,9-11,20,36-37H,5-8,12-14H2,(H,31,35). The van der Waals surface area contributed by atoms with Gasteiger partial charge in [0.25, 0.3) is 0 Å². The van der Waals surface area contributed by atoms with Gasteiger partial charge in [0, 0.05) is 57.5 Å². The number of benzene rings is 2. The molecule has 0 saturated carbocycles. The fraction of sp³-hybridized carbons (Fsp3) is 0.435. The Morgan fingerprint density at radius 1 is 0.892 bits per heavy atom. The fourth-order valence-electron chi connectivity index (χ4n) is 4.42. The number of carbonyl (C=O) groups excluding carboxylic acids is 1. The second-order valence-electron chi connectivity index (χ2n) is 9.21. The molecule has 200 valence electrons. The maximum absolute atomic E-state index is 13.0. The van der Waals surface area contributed by atoms with Crippen LogP contribution in [0.3, 0.4) is 0 Å². The van der Waals surface area contributed by atoms with Gasteiger partial charge in [-0.15, -0.1) is 0 Å². The number of hydrogen-bond acceptors (Lipinski definition) is 5. The molecule has 2 heterocycles. The maximum atomic E-state index is 13.0. The van der Waals surface area contributed by atoms with Gasteiger partial charge in [0.1, 0.15) is 0 Å². The Balaban J connectivity index is 1.26. The summed E-state index contributed by atoms with van der Waals surface area (Å²) in [6.45, 7) is 4.39. The van der Waals surface area contributed by atoms with E-state index in [4.69, 9.17) is 0 Å². The Morgan fingerprint density at radius 2 is 1.43 bits per heavy atom. The second-order valence-corrected chi connectivity index (χ2v) is 9.21. The number of halogens is 6. The van der Waals surface area contributed by atoms with Crippen molar-refractivity contribution in [2.45, 2.75) is 24.9 Å². The van der Waals surface area contributed by atoms with Crippen LogP contribution in [0, 0.1) is 0 Å². The molecule has 0 unspecified atom stereocenters. The quantitative estimate of drug-likeness (QED) is 0.409. The molecule has 2 aromatic carbocycles. The van der Waals surface area contributed by atoms with Crippen LogP contribution in [0.25, 0.3) is 0 Å². The van der Waals surface area contributed by atoms with Crippen molar-refractivity contribution in [3.8, 4) is 0 Å². The van der Waals surface area contributed by atoms with Crippen LogP contribution in [0.5, 0.6) is 0 Å². The van der Waals surface area contributed by atoms with Crippen LogP contribution >= 0.6 is 0 Å². The third kappa shape index (κ3) is 6.75. The van der Waals surface area contributed by atoms with Crippen molar-refractivity contribution >= 4 is 24.3 Å². The van der Waals surface area contributed by atoms with Crippen LogP contribution in [-0.4, -0.2) is 83.2 Å². The van der Waals surface area contributed by atoms with Gasteiger partial charge in [0.2, 0.25) is 0 Å². The molecular weight excluding hydrogens is 505 g/mol. The minimum absolute atomic E-state index is 0.0174. The normalized spacial score (nSPS) is 18.0. The summed E-state index contributed by atoms with van der Waals surface area (Å²) in [5, 5.41) is 20.5. The van der Waals surface area contributed by atoms with Crippen molar-refractivity contribution in [3.05, 3.63) is 59.2 Å². The van der Waals surface area contributed by atoms with Gasteiger partial charge in [0.05, 0.1) is 11.1 Å². The molecule has 2 saturated heterocycles. The van der Waals surface area contributed by atoms with E-state index in [9.17, 15) is 41.2 Å². The molecule has 37 heavy (non-hydrogen) atoms. The summed E-state index contributed by atoms with van der Waals surface area (Å²) in [6.07, 6.45) is -9.98. The van der Waals surface area contributed by atoms with Gasteiger partial charge in [-0.2, -0.15) is 26.3 Å². The predicted molar refractivity (Wildman–Crippen MR) is 124 cm³/mol. The van der Waals surface area contributed by atoms with E-state index >= 15 is 0 Å². The van der Waals surface area contributed by atoms with Crippen LogP contribution in [0.15, 0.2) is 42.5 Å². The number of piperazine rings is 1. The number of rotatable bonds is 5. The van der Waals surface area contributed by atoms with E-state index in [1.165, 1.54) is 4.90 Å². The molecule has 0 radical (unpaired) electrons. The number of amides is 2. The smallest absolute Gasteiger partial charge is 0.423 e. The third-order valence-electron chi connectivity index (χ3n) is 6.60. The highest BCUT2D eigenvalue weighted by Gasteiger charge is 2.39. The molecule has 4 rings (SSSR count). The molecule has 14 heteroatoms. The molecule has 2 amide bonds. The first-order valence-corrected chi connectivity index (χ1v) is 11.6. The van der Waals surface area contributed by atoms with Crippen LogP contribution in [0.2, 0.25) is 0 Å². The molecule has 2 fully saturated rings. The molecule has 0 atom stereocenters. The summed E-state index contributed by atoms with van der Waals surface area (Å²) in [5.41, 5.74) is -2.09. The van der Waals surface area contributed by atoms with Crippen molar-refractivity contribution < 1.29 is 41.2 Å². The zero-order chi connectivity index (χ0) is 27.0. The molecule has 0 aromatic heterocycles. The molecule has 2 aliphatic rings. The molecule has 0 aliphatic carbocycles. The minimum atomic E-state index is -4.99. The third-order valence-corrected chi connectivity index (χ3v) is 6.60. The zero-order valence-electron chi connectivity index (χ0n) is 19.6. The van der Waals surface area contributed by atoms with Crippen LogP contribution in [-0.2, 0) is 18.9 Å². The van der Waals surface area contributed by atoms with Gasteiger partial charge >= 0.3 is 25.5 Å². The number of nitrogens with one attached hydrogen (secondary N) is 1. The van der Waals surface area contributed by atoms with E-state index < -0.39 is 42.3 Å². The van der Waals surface area contributed by atoms with Gasteiger partial charge in [0.15, 0.2) is 0 Å². The average Bonchev–Trinajstić information content (AvgIpc) is 2.78. The summed E-state index contributed by atoms with van der Waals surface area (Å²) in [5.74, 6) is 0. The van der Waals surface area contributed by atoms with E-state index in [0.29, 0.717) is 37.2 Å². The number of likely N-dealkylation sites (tertiary alicyclic amines) is 1. The number of nitrogens with zero attached hydrogens (tertiary/aromatic N) is 3. The van der Waals surface area contributed by atoms with Crippen LogP contribution in [0.4, 0.5) is 36.8 Å².